The number of urea groups is 1. The average Bonchev–Trinajstić information content (AvgIpc) is 2.68. The number of carbonyl (C=O) groups excluding carboxylic acids is 2. The van der Waals surface area contributed by atoms with Crippen LogP contribution in [0.3, 0.4) is 0 Å². The normalized spacial score (nSPS) is 11.0. The highest BCUT2D eigenvalue weighted by Gasteiger charge is 2.11. The summed E-state index contributed by atoms with van der Waals surface area (Å²) in [6, 6.07) is 0.108. The molecule has 0 aliphatic heterocycles. The number of allylic oxidation sites excluding steroid dienone is 2. The third-order valence-corrected chi connectivity index (χ3v) is 4.89. The van der Waals surface area contributed by atoms with E-state index in [0.717, 1.165) is 45.2 Å². The zero-order valence-corrected chi connectivity index (χ0v) is 18.2. The van der Waals surface area contributed by atoms with E-state index in [0.29, 0.717) is 6.42 Å². The maximum absolute atomic E-state index is 11.9. The summed E-state index contributed by atoms with van der Waals surface area (Å²) in [5.41, 5.74) is 0. The molecule has 0 unspecified atom stereocenters. The number of carbonyl (C=O) groups is 2. The molecule has 0 heterocycles. The predicted octanol–water partition coefficient (Wildman–Crippen LogP) is 5.40. The highest BCUT2D eigenvalue weighted by atomic mass is 16.5. The Bertz CT molecular complexity index is 410. The second kappa shape index (κ2) is 17.9. The Hall–Kier alpha value is -1.52. The van der Waals surface area contributed by atoms with Gasteiger partial charge in [0.25, 0.3) is 0 Å². The molecular formula is C22H42N2O3. The van der Waals surface area contributed by atoms with Gasteiger partial charge < -0.3 is 14.5 Å². The first-order chi connectivity index (χ1) is 13.0. The minimum absolute atomic E-state index is 0.0913. The van der Waals surface area contributed by atoms with Crippen molar-refractivity contribution in [2.75, 3.05) is 34.3 Å². The van der Waals surface area contributed by atoms with Crippen LogP contribution >= 0.6 is 0 Å². The van der Waals surface area contributed by atoms with E-state index in [9.17, 15) is 9.59 Å². The second-order valence-corrected chi connectivity index (χ2v) is 7.28. The van der Waals surface area contributed by atoms with Gasteiger partial charge in [0.15, 0.2) is 0 Å². The van der Waals surface area contributed by atoms with Gasteiger partial charge in [-0.2, -0.15) is 0 Å². The Morgan fingerprint density at radius 3 is 1.85 bits per heavy atom. The van der Waals surface area contributed by atoms with Crippen LogP contribution < -0.4 is 0 Å². The molecule has 0 bridgehead atoms. The molecule has 5 nitrogen and oxygen atoms in total. The molecule has 0 aromatic carbocycles. The summed E-state index contributed by atoms with van der Waals surface area (Å²) in [7, 11) is 5.17. The van der Waals surface area contributed by atoms with Crippen molar-refractivity contribution in [2.24, 2.45) is 0 Å². The van der Waals surface area contributed by atoms with E-state index in [1.54, 1.807) is 4.90 Å². The zero-order chi connectivity index (χ0) is 20.3. The number of hydrogen-bond acceptors (Lipinski definition) is 3. The van der Waals surface area contributed by atoms with E-state index in [1.807, 2.05) is 25.9 Å². The van der Waals surface area contributed by atoms with Gasteiger partial charge in [-0.05, 0) is 45.4 Å². The maximum Gasteiger partial charge on any atom is 0.319 e. The van der Waals surface area contributed by atoms with E-state index in [1.165, 1.54) is 45.6 Å². The summed E-state index contributed by atoms with van der Waals surface area (Å²) in [5, 5.41) is 0. The molecule has 2 amide bonds. The second-order valence-electron chi connectivity index (χ2n) is 7.28. The van der Waals surface area contributed by atoms with Crippen LogP contribution in [-0.4, -0.2) is 56.1 Å². The number of unbranched alkanes of at least 4 members (excludes halogenated alkanes) is 9. The molecule has 27 heavy (non-hydrogen) atoms. The van der Waals surface area contributed by atoms with Crippen LogP contribution in [0.15, 0.2) is 12.2 Å². The maximum atomic E-state index is 11.9. The number of rotatable bonds is 16. The largest absolute Gasteiger partial charge is 0.469 e. The van der Waals surface area contributed by atoms with E-state index >= 15 is 0 Å². The lowest BCUT2D eigenvalue weighted by Gasteiger charge is -2.23. The smallest absolute Gasteiger partial charge is 0.319 e. The monoisotopic (exact) mass is 382 g/mol. The highest BCUT2D eigenvalue weighted by molar-refractivity contribution is 5.73. The van der Waals surface area contributed by atoms with Gasteiger partial charge in [0.05, 0.1) is 7.11 Å². The molecular weight excluding hydrogens is 340 g/mol. The molecule has 0 saturated heterocycles. The quantitative estimate of drug-likeness (QED) is 0.204. The Morgan fingerprint density at radius 1 is 0.778 bits per heavy atom. The summed E-state index contributed by atoms with van der Waals surface area (Å²) in [6.07, 6.45) is 18.0. The molecule has 0 N–H and O–H groups in total. The molecule has 0 atom stereocenters. The van der Waals surface area contributed by atoms with E-state index in [2.05, 4.69) is 16.9 Å². The Labute approximate surface area is 167 Å². The fraction of sp³-hybridized carbons (Fsp3) is 0.818. The average molecular weight is 383 g/mol. The lowest BCUT2D eigenvalue weighted by Crippen LogP contribution is -2.39. The van der Waals surface area contributed by atoms with Gasteiger partial charge in [-0.15, -0.1) is 0 Å². The van der Waals surface area contributed by atoms with Crippen molar-refractivity contribution in [1.82, 2.24) is 9.80 Å². The van der Waals surface area contributed by atoms with E-state index < -0.39 is 0 Å². The first kappa shape index (κ1) is 25.5. The van der Waals surface area contributed by atoms with E-state index in [-0.39, 0.29) is 12.0 Å². The number of hydrogen-bond donors (Lipinski definition) is 0. The number of amides is 2. The standard InChI is InChI=1S/C22H42N2O3/c1-5-23(2)22(26)24(3)20-18-16-14-12-10-8-6-7-9-11-13-15-17-19-21(25)27-4/h10,12H,5-9,11,13-20H2,1-4H3. The molecule has 0 spiro atoms. The summed E-state index contributed by atoms with van der Waals surface area (Å²) >= 11 is 0. The van der Waals surface area contributed by atoms with E-state index in [4.69, 9.17) is 0 Å². The predicted molar refractivity (Wildman–Crippen MR) is 113 cm³/mol. The molecule has 0 aromatic heterocycles. The highest BCUT2D eigenvalue weighted by Crippen LogP contribution is 2.10. The van der Waals surface area contributed by atoms with Crippen molar-refractivity contribution in [2.45, 2.75) is 84.0 Å². The minimum atomic E-state index is -0.0913. The third kappa shape index (κ3) is 15.3. The van der Waals surface area contributed by atoms with Gasteiger partial charge in [0, 0.05) is 33.6 Å². The van der Waals surface area contributed by atoms with Gasteiger partial charge in [0.2, 0.25) is 0 Å². The fourth-order valence-electron chi connectivity index (χ4n) is 2.89. The van der Waals surface area contributed by atoms with Gasteiger partial charge in [-0.25, -0.2) is 4.79 Å². The molecule has 158 valence electrons. The van der Waals surface area contributed by atoms with Crippen molar-refractivity contribution in [1.29, 1.82) is 0 Å². The Morgan fingerprint density at radius 2 is 1.30 bits per heavy atom. The Kier molecular flexibility index (Phi) is 16.9. The molecule has 0 aliphatic carbocycles. The van der Waals surface area contributed by atoms with Crippen LogP contribution in [0.5, 0.6) is 0 Å². The summed E-state index contributed by atoms with van der Waals surface area (Å²) < 4.78 is 4.63. The topological polar surface area (TPSA) is 49.9 Å². The molecule has 0 fully saturated rings. The molecule has 0 aliphatic rings. The van der Waals surface area contributed by atoms with Crippen molar-refractivity contribution < 1.29 is 14.3 Å². The number of ether oxygens (including phenoxy) is 1. The first-order valence-corrected chi connectivity index (χ1v) is 10.7. The van der Waals surface area contributed by atoms with Crippen molar-refractivity contribution in [3.63, 3.8) is 0 Å². The first-order valence-electron chi connectivity index (χ1n) is 10.7. The van der Waals surface area contributed by atoms with Gasteiger partial charge in [-0.3, -0.25) is 4.79 Å². The lowest BCUT2D eigenvalue weighted by molar-refractivity contribution is -0.140. The lowest BCUT2D eigenvalue weighted by atomic mass is 10.1. The number of nitrogens with zero attached hydrogens (tertiary/aromatic N) is 2. The van der Waals surface area contributed by atoms with Crippen molar-refractivity contribution in [3.8, 4) is 0 Å². The van der Waals surface area contributed by atoms with Crippen LogP contribution in [0, 0.1) is 0 Å². The van der Waals surface area contributed by atoms with Crippen LogP contribution in [0.25, 0.3) is 0 Å². The van der Waals surface area contributed by atoms with Crippen LogP contribution in [0.4, 0.5) is 4.79 Å². The number of esters is 1. The summed E-state index contributed by atoms with van der Waals surface area (Å²) in [5.74, 6) is -0.0913. The molecule has 0 saturated carbocycles. The molecule has 0 radical (unpaired) electrons. The minimum Gasteiger partial charge on any atom is -0.469 e. The van der Waals surface area contributed by atoms with Crippen molar-refractivity contribution >= 4 is 12.0 Å². The summed E-state index contributed by atoms with van der Waals surface area (Å²) in [4.78, 5) is 26.4. The fourth-order valence-corrected chi connectivity index (χ4v) is 2.89. The molecule has 0 aromatic rings. The SMILES string of the molecule is CCN(C)C(=O)N(C)CCCCC=CCCCCCCCCCC(=O)OC. The van der Waals surface area contributed by atoms with Gasteiger partial charge in [-0.1, -0.05) is 44.3 Å². The zero-order valence-electron chi connectivity index (χ0n) is 18.2. The summed E-state index contributed by atoms with van der Waals surface area (Å²) in [6.45, 7) is 3.57. The van der Waals surface area contributed by atoms with Gasteiger partial charge >= 0.3 is 12.0 Å². The third-order valence-electron chi connectivity index (χ3n) is 4.89. The van der Waals surface area contributed by atoms with Gasteiger partial charge in [0.1, 0.15) is 0 Å². The molecule has 0 rings (SSSR count). The van der Waals surface area contributed by atoms with Crippen molar-refractivity contribution in [3.05, 3.63) is 12.2 Å². The molecule has 5 heteroatoms. The number of methoxy groups -OCH3 is 1. The van der Waals surface area contributed by atoms with Crippen LogP contribution in [0.1, 0.15) is 84.0 Å². The van der Waals surface area contributed by atoms with Crippen LogP contribution in [-0.2, 0) is 9.53 Å². The van der Waals surface area contributed by atoms with Crippen LogP contribution in [0.2, 0.25) is 0 Å². The Balaban J connectivity index is 3.36.